The van der Waals surface area contributed by atoms with E-state index in [-0.39, 0.29) is 5.91 Å². The topological polar surface area (TPSA) is 58.6 Å². The summed E-state index contributed by atoms with van der Waals surface area (Å²) in [6, 6.07) is 7.75. The molecule has 0 aliphatic carbocycles. The molecule has 2 N–H and O–H groups in total. The number of para-hydroxylation sites is 1. The van der Waals surface area contributed by atoms with E-state index in [0.717, 1.165) is 11.3 Å². The van der Waals surface area contributed by atoms with Crippen LogP contribution >= 0.6 is 0 Å². The van der Waals surface area contributed by atoms with Crippen LogP contribution in [0.5, 0.6) is 5.75 Å². The molecule has 112 valence electrons. The largest absolute Gasteiger partial charge is 0.494 e. The lowest BCUT2D eigenvalue weighted by atomic mass is 9.98. The summed E-state index contributed by atoms with van der Waals surface area (Å²) in [5, 5.41) is 12.4. The van der Waals surface area contributed by atoms with E-state index in [1.807, 2.05) is 45.0 Å². The maximum atomic E-state index is 11.9. The lowest BCUT2D eigenvalue weighted by Crippen LogP contribution is -2.51. The molecule has 0 saturated carbocycles. The summed E-state index contributed by atoms with van der Waals surface area (Å²) in [4.78, 5) is 11.9. The first-order valence-corrected chi connectivity index (χ1v) is 7.06. The highest BCUT2D eigenvalue weighted by Crippen LogP contribution is 2.19. The van der Waals surface area contributed by atoms with E-state index in [9.17, 15) is 9.90 Å². The van der Waals surface area contributed by atoms with Crippen molar-refractivity contribution in [2.75, 3.05) is 6.61 Å². The Labute approximate surface area is 121 Å². The third-order valence-electron chi connectivity index (χ3n) is 3.40. The number of carbonyl (C=O) groups is 1. The van der Waals surface area contributed by atoms with Gasteiger partial charge in [0.25, 0.3) is 0 Å². The van der Waals surface area contributed by atoms with Crippen molar-refractivity contribution < 1.29 is 14.6 Å². The minimum Gasteiger partial charge on any atom is -0.494 e. The van der Waals surface area contributed by atoms with Crippen LogP contribution in [0.25, 0.3) is 0 Å². The zero-order valence-corrected chi connectivity index (χ0v) is 12.8. The normalized spacial score (nSPS) is 12.8. The van der Waals surface area contributed by atoms with E-state index in [4.69, 9.17) is 4.74 Å². The van der Waals surface area contributed by atoms with Gasteiger partial charge in [-0.1, -0.05) is 18.2 Å². The van der Waals surface area contributed by atoms with Crippen molar-refractivity contribution in [3.05, 3.63) is 29.8 Å². The molecule has 0 heterocycles. The predicted molar refractivity (Wildman–Crippen MR) is 79.8 cm³/mol. The Morgan fingerprint density at radius 3 is 2.65 bits per heavy atom. The molecule has 20 heavy (non-hydrogen) atoms. The van der Waals surface area contributed by atoms with Gasteiger partial charge in [0.05, 0.1) is 18.2 Å². The first-order chi connectivity index (χ1) is 9.36. The Kier molecular flexibility index (Phi) is 6.02. The molecule has 1 rings (SSSR count). The van der Waals surface area contributed by atoms with Gasteiger partial charge in [-0.2, -0.15) is 0 Å². The zero-order valence-electron chi connectivity index (χ0n) is 12.8. The second kappa shape index (κ2) is 7.29. The average molecular weight is 279 g/mol. The Morgan fingerprint density at radius 2 is 2.05 bits per heavy atom. The molecule has 1 aromatic carbocycles. The van der Waals surface area contributed by atoms with Crippen LogP contribution in [-0.4, -0.2) is 29.3 Å². The molecule has 0 aliphatic rings. The highest BCUT2D eigenvalue weighted by Gasteiger charge is 2.25. The van der Waals surface area contributed by atoms with Crippen LogP contribution in [0, 0.1) is 0 Å². The van der Waals surface area contributed by atoms with Crippen molar-refractivity contribution in [2.24, 2.45) is 0 Å². The lowest BCUT2D eigenvalue weighted by Gasteiger charge is -2.29. The van der Waals surface area contributed by atoms with Crippen LogP contribution in [0.3, 0.4) is 0 Å². The Balaban J connectivity index is 2.57. The van der Waals surface area contributed by atoms with Crippen LogP contribution in [0.15, 0.2) is 24.3 Å². The summed E-state index contributed by atoms with van der Waals surface area (Å²) in [5.41, 5.74) is 0.413. The predicted octanol–water partition coefficient (Wildman–Crippen LogP) is 2.29. The smallest absolute Gasteiger partial charge is 0.220 e. The molecule has 1 unspecified atom stereocenters. The van der Waals surface area contributed by atoms with Crippen molar-refractivity contribution in [1.82, 2.24) is 5.32 Å². The van der Waals surface area contributed by atoms with Crippen molar-refractivity contribution >= 4 is 5.91 Å². The van der Waals surface area contributed by atoms with E-state index in [0.29, 0.717) is 19.4 Å². The summed E-state index contributed by atoms with van der Waals surface area (Å²) in [5.74, 6) is 0.764. The fourth-order valence-electron chi connectivity index (χ4n) is 1.78. The molecular formula is C16H25NO3. The van der Waals surface area contributed by atoms with Crippen molar-refractivity contribution in [1.29, 1.82) is 0 Å². The highest BCUT2D eigenvalue weighted by molar-refractivity contribution is 5.77. The van der Waals surface area contributed by atoms with Gasteiger partial charge < -0.3 is 15.2 Å². The number of benzene rings is 1. The van der Waals surface area contributed by atoms with Gasteiger partial charge in [-0.05, 0) is 45.7 Å². The lowest BCUT2D eigenvalue weighted by molar-refractivity contribution is -0.123. The SMILES string of the molecule is CCOc1ccccc1CCC(=O)NC(C)(C)C(C)O. The van der Waals surface area contributed by atoms with Crippen molar-refractivity contribution in [3.63, 3.8) is 0 Å². The number of aliphatic hydroxyl groups is 1. The molecule has 0 bridgehead atoms. The maximum Gasteiger partial charge on any atom is 0.220 e. The average Bonchev–Trinajstić information content (AvgIpc) is 2.37. The highest BCUT2D eigenvalue weighted by atomic mass is 16.5. The van der Waals surface area contributed by atoms with Gasteiger partial charge in [0, 0.05) is 6.42 Å². The van der Waals surface area contributed by atoms with E-state index in [1.54, 1.807) is 6.92 Å². The second-order valence-electron chi connectivity index (χ2n) is 5.49. The van der Waals surface area contributed by atoms with Gasteiger partial charge in [0.2, 0.25) is 5.91 Å². The third kappa shape index (κ3) is 4.85. The molecule has 4 heteroatoms. The molecule has 0 aromatic heterocycles. The fraction of sp³-hybridized carbons (Fsp3) is 0.562. The van der Waals surface area contributed by atoms with Gasteiger partial charge in [0.15, 0.2) is 0 Å². The third-order valence-corrected chi connectivity index (χ3v) is 3.40. The molecular weight excluding hydrogens is 254 g/mol. The summed E-state index contributed by atoms with van der Waals surface area (Å²) in [6.45, 7) is 7.84. The van der Waals surface area contributed by atoms with Gasteiger partial charge in [-0.15, -0.1) is 0 Å². The molecule has 0 fully saturated rings. The number of carbonyl (C=O) groups excluding carboxylic acids is 1. The molecule has 0 saturated heterocycles. The second-order valence-corrected chi connectivity index (χ2v) is 5.49. The molecule has 0 spiro atoms. The standard InChI is InChI=1S/C16H25NO3/c1-5-20-14-9-7-6-8-13(14)10-11-15(19)17-16(3,4)12(2)18/h6-9,12,18H,5,10-11H2,1-4H3,(H,17,19). The Morgan fingerprint density at radius 1 is 1.40 bits per heavy atom. The number of aliphatic hydroxyl groups excluding tert-OH is 1. The van der Waals surface area contributed by atoms with Gasteiger partial charge >= 0.3 is 0 Å². The number of amides is 1. The minimum absolute atomic E-state index is 0.0674. The quantitative estimate of drug-likeness (QED) is 0.805. The van der Waals surface area contributed by atoms with Crippen molar-refractivity contribution in [3.8, 4) is 5.75 Å². The Hall–Kier alpha value is -1.55. The number of aryl methyl sites for hydroxylation is 1. The molecule has 1 amide bonds. The number of rotatable bonds is 7. The molecule has 1 aromatic rings. The van der Waals surface area contributed by atoms with Crippen LogP contribution in [0.4, 0.5) is 0 Å². The number of hydrogen-bond acceptors (Lipinski definition) is 3. The summed E-state index contributed by atoms with van der Waals surface area (Å²) < 4.78 is 5.54. The maximum absolute atomic E-state index is 11.9. The van der Waals surface area contributed by atoms with E-state index >= 15 is 0 Å². The number of nitrogens with one attached hydrogen (secondary N) is 1. The first-order valence-electron chi connectivity index (χ1n) is 7.06. The molecule has 0 radical (unpaired) electrons. The Bertz CT molecular complexity index is 441. The summed E-state index contributed by atoms with van der Waals surface area (Å²) in [7, 11) is 0. The minimum atomic E-state index is -0.615. The molecule has 4 nitrogen and oxygen atoms in total. The van der Waals surface area contributed by atoms with Gasteiger partial charge in [-0.3, -0.25) is 4.79 Å². The van der Waals surface area contributed by atoms with Crippen LogP contribution < -0.4 is 10.1 Å². The van der Waals surface area contributed by atoms with Crippen LogP contribution in [-0.2, 0) is 11.2 Å². The molecule has 0 aliphatic heterocycles. The van der Waals surface area contributed by atoms with E-state index in [1.165, 1.54) is 0 Å². The summed E-state index contributed by atoms with van der Waals surface area (Å²) in [6.07, 6.45) is 0.403. The van der Waals surface area contributed by atoms with Gasteiger partial charge in [-0.25, -0.2) is 0 Å². The monoisotopic (exact) mass is 279 g/mol. The molecule has 1 atom stereocenters. The van der Waals surface area contributed by atoms with Gasteiger partial charge in [0.1, 0.15) is 5.75 Å². The zero-order chi connectivity index (χ0) is 15.2. The number of ether oxygens (including phenoxy) is 1. The van der Waals surface area contributed by atoms with E-state index < -0.39 is 11.6 Å². The van der Waals surface area contributed by atoms with Crippen LogP contribution in [0.2, 0.25) is 0 Å². The number of hydrogen-bond donors (Lipinski definition) is 2. The summed E-state index contributed by atoms with van der Waals surface area (Å²) >= 11 is 0. The first kappa shape index (κ1) is 16.5. The van der Waals surface area contributed by atoms with Crippen LogP contribution in [0.1, 0.15) is 39.7 Å². The van der Waals surface area contributed by atoms with E-state index in [2.05, 4.69) is 5.32 Å². The fourth-order valence-corrected chi connectivity index (χ4v) is 1.78. The van der Waals surface area contributed by atoms with Crippen molar-refractivity contribution in [2.45, 2.75) is 52.2 Å².